The van der Waals surface area contributed by atoms with Gasteiger partial charge in [-0.05, 0) is 24.3 Å². The molecule has 4 rings (SSSR count). The molecule has 3 nitrogen and oxygen atoms in total. The number of hydrogen-bond acceptors (Lipinski definition) is 4. The second-order valence-corrected chi connectivity index (χ2v) is 9.09. The van der Waals surface area contributed by atoms with Gasteiger partial charge < -0.3 is 0 Å². The van der Waals surface area contributed by atoms with E-state index in [-0.39, 0.29) is 5.43 Å². The summed E-state index contributed by atoms with van der Waals surface area (Å²) in [5.41, 5.74) is 0.139. The molecule has 0 N–H and O–H groups in total. The Bertz CT molecular complexity index is 1040. The van der Waals surface area contributed by atoms with Gasteiger partial charge in [0.15, 0.2) is 5.43 Å². The van der Waals surface area contributed by atoms with E-state index in [1.807, 2.05) is 126 Å². The van der Waals surface area contributed by atoms with Crippen LogP contribution in [0, 0.1) is 0 Å². The fraction of sp³-hybridized carbons (Fsp3) is 0.296. The summed E-state index contributed by atoms with van der Waals surface area (Å²) in [4.78, 5) is 12.1. The molecule has 0 fully saturated rings. The van der Waals surface area contributed by atoms with Crippen molar-refractivity contribution in [1.29, 1.82) is 0 Å². The largest absolute Gasteiger partial charge is 0.289 e. The molecule has 3 aromatic carbocycles. The summed E-state index contributed by atoms with van der Waals surface area (Å²) in [5, 5.41) is 1.64. The fourth-order valence-corrected chi connectivity index (χ4v) is 3.21. The Morgan fingerprint density at radius 3 is 1.06 bits per heavy atom. The van der Waals surface area contributed by atoms with Crippen LogP contribution in [0.4, 0.5) is 0 Å². The van der Waals surface area contributed by atoms with Gasteiger partial charge in [0.2, 0.25) is 0 Å². The van der Waals surface area contributed by atoms with Gasteiger partial charge in [0.25, 0.3) is 0 Å². The van der Waals surface area contributed by atoms with Crippen molar-refractivity contribution in [3.63, 3.8) is 0 Å². The first-order valence-electron chi connectivity index (χ1n) is 10.9. The van der Waals surface area contributed by atoms with Gasteiger partial charge in [0, 0.05) is 32.7 Å². The average molecular weight is 475 g/mol. The minimum atomic E-state index is -2.67. The van der Waals surface area contributed by atoms with Crippen LogP contribution in [0.15, 0.2) is 89.7 Å². The first-order valence-corrected chi connectivity index (χ1v) is 14.0. The number of fused-ring (bicyclic) bond motifs is 2. The van der Waals surface area contributed by atoms with Crippen LogP contribution in [0.1, 0.15) is 41.5 Å². The van der Waals surface area contributed by atoms with Crippen molar-refractivity contribution in [2.24, 2.45) is 0 Å². The van der Waals surface area contributed by atoms with Crippen LogP contribution in [0.25, 0.3) is 20.2 Å². The predicted molar refractivity (Wildman–Crippen MR) is 147 cm³/mol. The molecule has 0 aliphatic carbocycles. The van der Waals surface area contributed by atoms with E-state index in [4.69, 9.17) is 0 Å². The van der Waals surface area contributed by atoms with Crippen molar-refractivity contribution in [2.45, 2.75) is 41.5 Å². The monoisotopic (exact) mass is 474 g/mol. The van der Waals surface area contributed by atoms with E-state index in [1.54, 1.807) is 11.3 Å². The van der Waals surface area contributed by atoms with Crippen molar-refractivity contribution < 1.29 is 8.42 Å². The van der Waals surface area contributed by atoms with Gasteiger partial charge >= 0.3 is 0 Å². The van der Waals surface area contributed by atoms with Crippen LogP contribution >= 0.6 is 11.3 Å². The summed E-state index contributed by atoms with van der Waals surface area (Å²) in [7, 11) is -2.67. The normalized spacial score (nSPS) is 9.00. The first kappa shape index (κ1) is 31.7. The maximum absolute atomic E-state index is 12.1. The lowest BCUT2D eigenvalue weighted by Gasteiger charge is -1.99. The molecule has 0 aliphatic heterocycles. The van der Waals surface area contributed by atoms with Crippen molar-refractivity contribution in [3.05, 3.63) is 95.2 Å². The van der Waals surface area contributed by atoms with Gasteiger partial charge in [-0.25, -0.2) is 8.42 Å². The van der Waals surface area contributed by atoms with Crippen LogP contribution in [-0.4, -0.2) is 20.9 Å². The minimum Gasteiger partial charge on any atom is -0.289 e. The Kier molecular flexibility index (Phi) is 19.0. The Balaban J connectivity index is 0. The molecular formula is C27H38O3S2. The Morgan fingerprint density at radius 1 is 0.531 bits per heavy atom. The van der Waals surface area contributed by atoms with Crippen LogP contribution in [0.3, 0.4) is 0 Å². The Labute approximate surface area is 198 Å². The molecule has 32 heavy (non-hydrogen) atoms. The second kappa shape index (κ2) is 19.2. The maximum Gasteiger partial charge on any atom is 0.195 e. The van der Waals surface area contributed by atoms with Gasteiger partial charge in [0.05, 0.1) is 0 Å². The summed E-state index contributed by atoms with van der Waals surface area (Å²) in [6.45, 7) is 12.0. The highest BCUT2D eigenvalue weighted by Crippen LogP contribution is 2.23. The van der Waals surface area contributed by atoms with E-state index in [1.165, 1.54) is 0 Å². The maximum atomic E-state index is 12.1. The number of rotatable bonds is 0. The summed E-state index contributed by atoms with van der Waals surface area (Å²) in [6, 6.07) is 27.5. The molecule has 0 radical (unpaired) electrons. The zero-order chi connectivity index (χ0) is 25.0. The highest BCUT2D eigenvalue weighted by Gasteiger charge is 2.03. The third-order valence-electron chi connectivity index (χ3n) is 3.15. The SMILES string of the molecule is CC.CC.CC.CS(C)(=O)=O.O=c1c2ccccc2sc2ccccc12.c1ccccc1. The van der Waals surface area contributed by atoms with E-state index in [2.05, 4.69) is 0 Å². The molecule has 0 spiro atoms. The summed E-state index contributed by atoms with van der Waals surface area (Å²) in [6.07, 6.45) is 2.32. The average Bonchev–Trinajstić information content (AvgIpc) is 2.84. The molecule has 0 aliphatic rings. The summed E-state index contributed by atoms with van der Waals surface area (Å²) < 4.78 is 21.4. The predicted octanol–water partition coefficient (Wildman–Crippen LogP) is 7.84. The Hall–Kier alpha value is -2.50. The molecule has 0 atom stereocenters. The molecule has 5 heteroatoms. The van der Waals surface area contributed by atoms with Gasteiger partial charge in [-0.15, -0.1) is 11.3 Å². The van der Waals surface area contributed by atoms with E-state index in [0.29, 0.717) is 0 Å². The molecule has 1 aromatic heterocycles. The molecule has 4 aromatic rings. The van der Waals surface area contributed by atoms with E-state index >= 15 is 0 Å². The quantitative estimate of drug-likeness (QED) is 0.244. The smallest absolute Gasteiger partial charge is 0.195 e. The molecule has 0 bridgehead atoms. The molecule has 0 amide bonds. The van der Waals surface area contributed by atoms with Crippen molar-refractivity contribution in [3.8, 4) is 0 Å². The number of sulfone groups is 1. The third-order valence-corrected chi connectivity index (χ3v) is 4.30. The second-order valence-electron chi connectivity index (χ2n) is 5.72. The van der Waals surface area contributed by atoms with Crippen molar-refractivity contribution in [2.75, 3.05) is 12.5 Å². The van der Waals surface area contributed by atoms with Crippen molar-refractivity contribution >= 4 is 41.3 Å². The number of benzene rings is 3. The van der Waals surface area contributed by atoms with Gasteiger partial charge in [-0.3, -0.25) is 4.79 Å². The zero-order valence-corrected chi connectivity index (χ0v) is 22.3. The summed E-state index contributed by atoms with van der Waals surface area (Å²) in [5.74, 6) is 0. The van der Waals surface area contributed by atoms with Crippen LogP contribution in [0.5, 0.6) is 0 Å². The van der Waals surface area contributed by atoms with Crippen molar-refractivity contribution in [1.82, 2.24) is 0 Å². The van der Waals surface area contributed by atoms with E-state index in [9.17, 15) is 13.2 Å². The van der Waals surface area contributed by atoms with E-state index < -0.39 is 9.84 Å². The first-order chi connectivity index (χ1) is 15.4. The molecule has 0 unspecified atom stereocenters. The molecule has 176 valence electrons. The van der Waals surface area contributed by atoms with Gasteiger partial charge in [0.1, 0.15) is 9.84 Å². The van der Waals surface area contributed by atoms with Crippen LogP contribution in [0.2, 0.25) is 0 Å². The third kappa shape index (κ3) is 13.7. The highest BCUT2D eigenvalue weighted by atomic mass is 32.2. The Morgan fingerprint density at radius 2 is 0.781 bits per heavy atom. The lowest BCUT2D eigenvalue weighted by atomic mass is 10.2. The number of hydrogen-bond donors (Lipinski definition) is 0. The zero-order valence-electron chi connectivity index (χ0n) is 20.6. The minimum absolute atomic E-state index is 0.139. The lowest BCUT2D eigenvalue weighted by Crippen LogP contribution is -1.99. The standard InChI is InChI=1S/C13H8OS.C6H6.C2H6O2S.3C2H6/c14-13-9-5-1-3-7-11(9)15-12-8-4-2-6-10(12)13;1-2-4-6-5-3-1;1-5(2,3)4;3*1-2/h1-8H;1-6H;1-2H3;3*1-2H3. The molecule has 0 saturated heterocycles. The molecule has 0 saturated carbocycles. The topological polar surface area (TPSA) is 51.2 Å². The van der Waals surface area contributed by atoms with Crippen LogP contribution < -0.4 is 5.43 Å². The molecule has 1 heterocycles. The molecular weight excluding hydrogens is 436 g/mol. The van der Waals surface area contributed by atoms with Gasteiger partial charge in [-0.1, -0.05) is 102 Å². The highest BCUT2D eigenvalue weighted by molar-refractivity contribution is 7.89. The van der Waals surface area contributed by atoms with Crippen LogP contribution in [-0.2, 0) is 9.84 Å². The van der Waals surface area contributed by atoms with E-state index in [0.717, 1.165) is 32.7 Å². The van der Waals surface area contributed by atoms with Gasteiger partial charge in [-0.2, -0.15) is 0 Å². The summed E-state index contributed by atoms with van der Waals surface area (Å²) >= 11 is 1.67. The fourth-order valence-electron chi connectivity index (χ4n) is 2.13. The lowest BCUT2D eigenvalue weighted by molar-refractivity contribution is 0.607.